The van der Waals surface area contributed by atoms with E-state index >= 15 is 0 Å². The number of thiophene rings is 1. The van der Waals surface area contributed by atoms with Gasteiger partial charge in [-0.25, -0.2) is 4.98 Å². The van der Waals surface area contributed by atoms with Crippen molar-refractivity contribution >= 4 is 50.9 Å². The number of hydrogen-bond acceptors (Lipinski definition) is 8. The van der Waals surface area contributed by atoms with Crippen LogP contribution in [0.1, 0.15) is 23.2 Å². The molecule has 0 spiro atoms. The van der Waals surface area contributed by atoms with Crippen molar-refractivity contribution in [2.75, 3.05) is 11.9 Å². The number of aromatic amines is 1. The number of H-pyrrole nitrogens is 1. The lowest BCUT2D eigenvalue weighted by Crippen LogP contribution is -2.25. The number of esters is 1. The maximum Gasteiger partial charge on any atom is 0.387 e. The summed E-state index contributed by atoms with van der Waals surface area (Å²) in [5.74, 6) is -0.475. The SMILES string of the molecule is Cc1sc2nc(CSC(C)C(=O)OCC(=O)Nc3ccc(OC(F)F)cc3)[nH]c(=O)c2c1C. The molecule has 0 aliphatic heterocycles. The minimum Gasteiger partial charge on any atom is -0.455 e. The van der Waals surface area contributed by atoms with Gasteiger partial charge in [-0.1, -0.05) is 0 Å². The number of carbonyl (C=O) groups is 2. The molecule has 0 bridgehead atoms. The molecule has 0 radical (unpaired) electrons. The Morgan fingerprint density at radius 1 is 1.24 bits per heavy atom. The van der Waals surface area contributed by atoms with Gasteiger partial charge in [0.2, 0.25) is 0 Å². The fourth-order valence-electron chi connectivity index (χ4n) is 2.81. The Bertz CT molecular complexity index is 1210. The average Bonchev–Trinajstić information content (AvgIpc) is 3.05. The molecule has 0 aliphatic rings. The van der Waals surface area contributed by atoms with Crippen LogP contribution in [0, 0.1) is 13.8 Å². The molecule has 1 atom stereocenters. The van der Waals surface area contributed by atoms with Crippen LogP contribution >= 0.6 is 23.1 Å². The number of aryl methyl sites for hydroxylation is 2. The molecule has 176 valence electrons. The highest BCUT2D eigenvalue weighted by Gasteiger charge is 2.18. The number of thioether (sulfide) groups is 1. The van der Waals surface area contributed by atoms with E-state index in [9.17, 15) is 23.2 Å². The third-order valence-electron chi connectivity index (χ3n) is 4.60. The number of aromatic nitrogens is 2. The molecule has 8 nitrogen and oxygen atoms in total. The van der Waals surface area contributed by atoms with Gasteiger partial charge in [-0.15, -0.1) is 23.1 Å². The number of alkyl halides is 2. The highest BCUT2D eigenvalue weighted by molar-refractivity contribution is 7.99. The number of halogens is 2. The third kappa shape index (κ3) is 6.51. The Hall–Kier alpha value is -2.99. The van der Waals surface area contributed by atoms with Crippen LogP contribution in [0.5, 0.6) is 5.75 Å². The average molecular weight is 498 g/mol. The largest absolute Gasteiger partial charge is 0.455 e. The second-order valence-electron chi connectivity index (χ2n) is 6.99. The molecular weight excluding hydrogens is 476 g/mol. The monoisotopic (exact) mass is 497 g/mol. The Labute approximate surface area is 195 Å². The first-order valence-electron chi connectivity index (χ1n) is 9.76. The lowest BCUT2D eigenvalue weighted by atomic mass is 10.2. The molecule has 1 aromatic carbocycles. The standard InChI is InChI=1S/C21H21F2N3O5S2/c1-10-11(2)33-19-17(10)18(28)25-15(26-19)9-32-12(3)20(29)30-8-16(27)24-13-4-6-14(7-5-13)31-21(22)23/h4-7,12,21H,8-9H2,1-3H3,(H,24,27)(H,25,26,28). The minimum atomic E-state index is -2.94. The van der Waals surface area contributed by atoms with Crippen LogP contribution < -0.4 is 15.6 Å². The van der Waals surface area contributed by atoms with Crippen molar-refractivity contribution in [2.45, 2.75) is 38.4 Å². The van der Waals surface area contributed by atoms with Gasteiger partial charge in [0, 0.05) is 10.6 Å². The minimum absolute atomic E-state index is 0.0420. The summed E-state index contributed by atoms with van der Waals surface area (Å²) in [5.41, 5.74) is 1.04. The van der Waals surface area contributed by atoms with Crippen molar-refractivity contribution in [1.29, 1.82) is 0 Å². The summed E-state index contributed by atoms with van der Waals surface area (Å²) in [5, 5.41) is 2.47. The van der Waals surface area contributed by atoms with Crippen LogP contribution in [0.2, 0.25) is 0 Å². The first-order chi connectivity index (χ1) is 15.6. The molecule has 2 aromatic heterocycles. The Kier molecular flexibility index (Phi) is 8.03. The molecule has 0 saturated heterocycles. The van der Waals surface area contributed by atoms with Gasteiger partial charge < -0.3 is 19.8 Å². The van der Waals surface area contributed by atoms with Crippen molar-refractivity contribution in [3.05, 3.63) is 50.9 Å². The van der Waals surface area contributed by atoms with Crippen LogP contribution in [0.15, 0.2) is 29.1 Å². The number of ether oxygens (including phenoxy) is 2. The number of amides is 1. The fraction of sp³-hybridized carbons (Fsp3) is 0.333. The number of nitrogens with zero attached hydrogens (tertiary/aromatic N) is 1. The predicted octanol–water partition coefficient (Wildman–Crippen LogP) is 4.01. The van der Waals surface area contributed by atoms with E-state index in [1.165, 1.54) is 47.4 Å². The van der Waals surface area contributed by atoms with Gasteiger partial charge in [-0.3, -0.25) is 14.4 Å². The molecule has 1 amide bonds. The summed E-state index contributed by atoms with van der Waals surface area (Å²) >= 11 is 2.66. The van der Waals surface area contributed by atoms with E-state index in [1.807, 2.05) is 13.8 Å². The van der Waals surface area contributed by atoms with E-state index < -0.39 is 30.3 Å². The normalized spacial score (nSPS) is 12.1. The van der Waals surface area contributed by atoms with Gasteiger partial charge >= 0.3 is 12.6 Å². The van der Waals surface area contributed by atoms with Crippen LogP contribution in [0.25, 0.3) is 10.2 Å². The van der Waals surface area contributed by atoms with E-state index in [-0.39, 0.29) is 17.1 Å². The van der Waals surface area contributed by atoms with E-state index in [4.69, 9.17) is 4.74 Å². The molecule has 0 fully saturated rings. The maximum absolute atomic E-state index is 12.3. The Balaban J connectivity index is 1.47. The first kappa shape index (κ1) is 24.6. The lowest BCUT2D eigenvalue weighted by molar-refractivity contribution is -0.146. The summed E-state index contributed by atoms with van der Waals surface area (Å²) in [6.45, 7) is 2.00. The van der Waals surface area contributed by atoms with Crippen molar-refractivity contribution in [2.24, 2.45) is 0 Å². The zero-order valence-corrected chi connectivity index (χ0v) is 19.6. The second kappa shape index (κ2) is 10.8. The number of hydrogen-bond donors (Lipinski definition) is 2. The van der Waals surface area contributed by atoms with Gasteiger partial charge in [-0.05, 0) is 50.6 Å². The summed E-state index contributed by atoms with van der Waals surface area (Å²) in [7, 11) is 0. The first-order valence-corrected chi connectivity index (χ1v) is 11.6. The number of anilines is 1. The number of nitrogens with one attached hydrogen (secondary N) is 2. The number of carbonyl (C=O) groups excluding carboxylic acids is 2. The lowest BCUT2D eigenvalue weighted by Gasteiger charge is -2.11. The van der Waals surface area contributed by atoms with Crippen LogP contribution in [-0.4, -0.2) is 40.3 Å². The Morgan fingerprint density at radius 3 is 2.61 bits per heavy atom. The van der Waals surface area contributed by atoms with Gasteiger partial charge in [0.1, 0.15) is 21.7 Å². The quantitative estimate of drug-likeness (QED) is 0.430. The maximum atomic E-state index is 12.3. The summed E-state index contributed by atoms with van der Waals surface area (Å²) in [4.78, 5) is 45.4. The molecule has 3 rings (SSSR count). The molecule has 12 heteroatoms. The molecule has 1 unspecified atom stereocenters. The summed E-state index contributed by atoms with van der Waals surface area (Å²) in [6, 6.07) is 5.33. The molecule has 2 N–H and O–H groups in total. The molecular formula is C21H21F2N3O5S2. The van der Waals surface area contributed by atoms with Crippen molar-refractivity contribution < 1.29 is 27.8 Å². The smallest absolute Gasteiger partial charge is 0.387 e. The number of benzene rings is 1. The molecule has 3 aromatic rings. The topological polar surface area (TPSA) is 110 Å². The fourth-order valence-corrected chi connectivity index (χ4v) is 4.61. The highest BCUT2D eigenvalue weighted by atomic mass is 32.2. The third-order valence-corrected chi connectivity index (χ3v) is 6.83. The molecule has 0 saturated carbocycles. The van der Waals surface area contributed by atoms with Crippen molar-refractivity contribution in [3.8, 4) is 5.75 Å². The van der Waals surface area contributed by atoms with Gasteiger partial charge in [0.05, 0.1) is 11.1 Å². The van der Waals surface area contributed by atoms with Crippen LogP contribution in [-0.2, 0) is 20.1 Å². The van der Waals surface area contributed by atoms with E-state index in [0.29, 0.717) is 21.7 Å². The van der Waals surface area contributed by atoms with E-state index in [2.05, 4.69) is 20.0 Å². The number of rotatable bonds is 9. The van der Waals surface area contributed by atoms with Crippen molar-refractivity contribution in [1.82, 2.24) is 9.97 Å². The summed E-state index contributed by atoms with van der Waals surface area (Å²) in [6.07, 6.45) is 0. The molecule has 0 aliphatic carbocycles. The predicted molar refractivity (Wildman–Crippen MR) is 123 cm³/mol. The Morgan fingerprint density at radius 2 is 1.94 bits per heavy atom. The second-order valence-corrected chi connectivity index (χ2v) is 9.52. The van der Waals surface area contributed by atoms with E-state index in [0.717, 1.165) is 10.4 Å². The van der Waals surface area contributed by atoms with Crippen molar-refractivity contribution in [3.63, 3.8) is 0 Å². The zero-order valence-electron chi connectivity index (χ0n) is 17.9. The molecule has 33 heavy (non-hydrogen) atoms. The van der Waals surface area contributed by atoms with Crippen LogP contribution in [0.3, 0.4) is 0 Å². The summed E-state index contributed by atoms with van der Waals surface area (Å²) < 4.78 is 33.6. The van der Waals surface area contributed by atoms with Gasteiger partial charge in [-0.2, -0.15) is 8.78 Å². The number of fused-ring (bicyclic) bond motifs is 1. The zero-order chi connectivity index (χ0) is 24.1. The van der Waals surface area contributed by atoms with Gasteiger partial charge in [0.25, 0.3) is 11.5 Å². The van der Waals surface area contributed by atoms with Gasteiger partial charge in [0.15, 0.2) is 6.61 Å². The van der Waals surface area contributed by atoms with E-state index in [1.54, 1.807) is 6.92 Å². The van der Waals surface area contributed by atoms with Crippen LogP contribution in [0.4, 0.5) is 14.5 Å². The highest BCUT2D eigenvalue weighted by Crippen LogP contribution is 2.26. The molecule has 2 heterocycles.